The maximum Gasteiger partial charge on any atom is 0.119 e. The van der Waals surface area contributed by atoms with Crippen LogP contribution >= 0.6 is 12.6 Å². The standard InChI is InChI=1S/C25H29NO3S/c1-27-23-12-6-20(7-13-23)26(21-8-14-24(28-2)15-9-21)22-10-16-25(17-11-22)29-18-4-3-5-19-30/h6-17,30H,3-5,18-19H2,1-2H3. The van der Waals surface area contributed by atoms with Gasteiger partial charge in [0.25, 0.3) is 0 Å². The van der Waals surface area contributed by atoms with Crippen molar-refractivity contribution in [2.24, 2.45) is 0 Å². The zero-order chi connectivity index (χ0) is 21.2. The molecule has 0 bridgehead atoms. The van der Waals surface area contributed by atoms with Crippen molar-refractivity contribution in [2.45, 2.75) is 19.3 Å². The summed E-state index contributed by atoms with van der Waals surface area (Å²) in [5, 5.41) is 0. The van der Waals surface area contributed by atoms with Gasteiger partial charge in [0.15, 0.2) is 0 Å². The normalized spacial score (nSPS) is 10.5. The van der Waals surface area contributed by atoms with Gasteiger partial charge < -0.3 is 19.1 Å². The van der Waals surface area contributed by atoms with Crippen molar-refractivity contribution in [3.05, 3.63) is 72.8 Å². The maximum atomic E-state index is 5.88. The quantitative estimate of drug-likeness (QED) is 0.276. The van der Waals surface area contributed by atoms with Crippen LogP contribution in [0.2, 0.25) is 0 Å². The number of rotatable bonds is 11. The lowest BCUT2D eigenvalue weighted by Crippen LogP contribution is -2.10. The third kappa shape index (κ3) is 5.86. The molecule has 0 atom stereocenters. The first-order chi connectivity index (χ1) is 14.7. The second-order valence-electron chi connectivity index (χ2n) is 6.86. The molecule has 0 saturated heterocycles. The lowest BCUT2D eigenvalue weighted by Gasteiger charge is -2.26. The number of ether oxygens (including phenoxy) is 3. The van der Waals surface area contributed by atoms with E-state index < -0.39 is 0 Å². The van der Waals surface area contributed by atoms with Crippen LogP contribution in [0.3, 0.4) is 0 Å². The Morgan fingerprint density at radius 3 is 1.43 bits per heavy atom. The molecular formula is C25H29NO3S. The van der Waals surface area contributed by atoms with E-state index >= 15 is 0 Å². The van der Waals surface area contributed by atoms with Crippen molar-refractivity contribution in [1.29, 1.82) is 0 Å². The number of thiol groups is 1. The Morgan fingerprint density at radius 1 is 0.600 bits per heavy atom. The summed E-state index contributed by atoms with van der Waals surface area (Å²) in [4.78, 5) is 2.19. The Bertz CT molecular complexity index is 832. The molecule has 0 fully saturated rings. The molecule has 0 N–H and O–H groups in total. The Morgan fingerprint density at radius 2 is 1.03 bits per heavy atom. The molecule has 0 saturated carbocycles. The second kappa shape index (κ2) is 11.4. The van der Waals surface area contributed by atoms with Crippen LogP contribution in [0.15, 0.2) is 72.8 Å². The van der Waals surface area contributed by atoms with Crippen LogP contribution in [-0.2, 0) is 0 Å². The number of hydrogen-bond acceptors (Lipinski definition) is 5. The van der Waals surface area contributed by atoms with Gasteiger partial charge in [0.05, 0.1) is 20.8 Å². The van der Waals surface area contributed by atoms with E-state index in [1.54, 1.807) is 14.2 Å². The number of unbranched alkanes of at least 4 members (excludes halogenated alkanes) is 2. The third-order valence-electron chi connectivity index (χ3n) is 4.83. The van der Waals surface area contributed by atoms with Crippen molar-refractivity contribution >= 4 is 29.7 Å². The minimum absolute atomic E-state index is 0.730. The summed E-state index contributed by atoms with van der Waals surface area (Å²) < 4.78 is 16.5. The number of nitrogens with zero attached hydrogens (tertiary/aromatic N) is 1. The van der Waals surface area contributed by atoms with Gasteiger partial charge in [0.2, 0.25) is 0 Å². The fourth-order valence-corrected chi connectivity index (χ4v) is 3.41. The zero-order valence-electron chi connectivity index (χ0n) is 17.6. The first-order valence-corrected chi connectivity index (χ1v) is 10.8. The zero-order valence-corrected chi connectivity index (χ0v) is 18.5. The highest BCUT2D eigenvalue weighted by Crippen LogP contribution is 2.36. The molecule has 0 radical (unpaired) electrons. The molecule has 3 aromatic rings. The summed E-state index contributed by atoms with van der Waals surface area (Å²) in [6.45, 7) is 0.730. The smallest absolute Gasteiger partial charge is 0.119 e. The summed E-state index contributed by atoms with van der Waals surface area (Å²) in [7, 11) is 3.35. The molecular weight excluding hydrogens is 394 g/mol. The minimum atomic E-state index is 0.730. The van der Waals surface area contributed by atoms with Crippen molar-refractivity contribution in [3.63, 3.8) is 0 Å². The van der Waals surface area contributed by atoms with Gasteiger partial charge in [0.1, 0.15) is 17.2 Å². The van der Waals surface area contributed by atoms with Crippen molar-refractivity contribution < 1.29 is 14.2 Å². The topological polar surface area (TPSA) is 30.9 Å². The summed E-state index contributed by atoms with van der Waals surface area (Å²) >= 11 is 4.25. The van der Waals surface area contributed by atoms with Gasteiger partial charge in [-0.15, -0.1) is 0 Å². The molecule has 0 spiro atoms. The summed E-state index contributed by atoms with van der Waals surface area (Å²) in [6.07, 6.45) is 3.32. The highest BCUT2D eigenvalue weighted by molar-refractivity contribution is 7.80. The fraction of sp³-hybridized carbons (Fsp3) is 0.280. The van der Waals surface area contributed by atoms with Crippen LogP contribution in [0.5, 0.6) is 17.2 Å². The number of anilines is 3. The first-order valence-electron chi connectivity index (χ1n) is 10.2. The third-order valence-corrected chi connectivity index (χ3v) is 5.14. The second-order valence-corrected chi connectivity index (χ2v) is 7.31. The largest absolute Gasteiger partial charge is 0.497 e. The molecule has 4 nitrogen and oxygen atoms in total. The molecule has 3 rings (SSSR count). The molecule has 3 aromatic carbocycles. The molecule has 5 heteroatoms. The lowest BCUT2D eigenvalue weighted by molar-refractivity contribution is 0.306. The van der Waals surface area contributed by atoms with Crippen LogP contribution < -0.4 is 19.1 Å². The summed E-state index contributed by atoms with van der Waals surface area (Å²) in [5.74, 6) is 3.47. The predicted octanol–water partition coefficient (Wildman–Crippen LogP) is 6.65. The van der Waals surface area contributed by atoms with Crippen LogP contribution in [0.1, 0.15) is 19.3 Å². The van der Waals surface area contributed by atoms with Gasteiger partial charge in [0, 0.05) is 17.1 Å². The van der Waals surface area contributed by atoms with E-state index in [9.17, 15) is 0 Å². The number of methoxy groups -OCH3 is 2. The van der Waals surface area contributed by atoms with E-state index in [2.05, 4.69) is 53.9 Å². The van der Waals surface area contributed by atoms with Gasteiger partial charge in [-0.3, -0.25) is 0 Å². The Hall–Kier alpha value is -2.79. The molecule has 0 heterocycles. The van der Waals surface area contributed by atoms with Gasteiger partial charge in [-0.05, 0) is 97.8 Å². The molecule has 0 amide bonds. The molecule has 0 aliphatic heterocycles. The van der Waals surface area contributed by atoms with E-state index in [0.717, 1.165) is 65.9 Å². The van der Waals surface area contributed by atoms with Crippen molar-refractivity contribution in [3.8, 4) is 17.2 Å². The highest BCUT2D eigenvalue weighted by Gasteiger charge is 2.13. The molecule has 0 aromatic heterocycles. The van der Waals surface area contributed by atoms with Crippen LogP contribution in [0.4, 0.5) is 17.1 Å². The monoisotopic (exact) mass is 423 g/mol. The van der Waals surface area contributed by atoms with Gasteiger partial charge >= 0.3 is 0 Å². The maximum absolute atomic E-state index is 5.88. The van der Waals surface area contributed by atoms with Crippen LogP contribution in [0.25, 0.3) is 0 Å². The molecule has 0 aliphatic carbocycles. The SMILES string of the molecule is COc1ccc(N(c2ccc(OC)cc2)c2ccc(OCCCCCS)cc2)cc1. The summed E-state index contributed by atoms with van der Waals surface area (Å²) in [6, 6.07) is 24.3. The Balaban J connectivity index is 1.82. The van der Waals surface area contributed by atoms with Crippen molar-refractivity contribution in [1.82, 2.24) is 0 Å². The molecule has 0 unspecified atom stereocenters. The first kappa shape index (κ1) is 21.9. The number of benzene rings is 3. The van der Waals surface area contributed by atoms with Crippen LogP contribution in [-0.4, -0.2) is 26.6 Å². The minimum Gasteiger partial charge on any atom is -0.497 e. The van der Waals surface area contributed by atoms with E-state index in [4.69, 9.17) is 14.2 Å². The van der Waals surface area contributed by atoms with E-state index in [1.165, 1.54) is 0 Å². The lowest BCUT2D eigenvalue weighted by atomic mass is 10.2. The fourth-order valence-electron chi connectivity index (χ4n) is 3.18. The Kier molecular flexibility index (Phi) is 8.33. The number of hydrogen-bond donors (Lipinski definition) is 1. The van der Waals surface area contributed by atoms with Gasteiger partial charge in [-0.25, -0.2) is 0 Å². The Labute approximate surface area is 184 Å². The van der Waals surface area contributed by atoms with Crippen LogP contribution in [0, 0.1) is 0 Å². The highest BCUT2D eigenvalue weighted by atomic mass is 32.1. The summed E-state index contributed by atoms with van der Waals surface area (Å²) in [5.41, 5.74) is 3.13. The molecule has 0 aliphatic rings. The van der Waals surface area contributed by atoms with Crippen molar-refractivity contribution in [2.75, 3.05) is 31.5 Å². The van der Waals surface area contributed by atoms with Gasteiger partial charge in [-0.2, -0.15) is 12.6 Å². The average molecular weight is 424 g/mol. The molecule has 30 heavy (non-hydrogen) atoms. The molecule has 158 valence electrons. The van der Waals surface area contributed by atoms with E-state index in [0.29, 0.717) is 0 Å². The van der Waals surface area contributed by atoms with E-state index in [-0.39, 0.29) is 0 Å². The predicted molar refractivity (Wildman–Crippen MR) is 127 cm³/mol. The average Bonchev–Trinajstić information content (AvgIpc) is 2.81. The van der Waals surface area contributed by atoms with E-state index in [1.807, 2.05) is 36.4 Å². The van der Waals surface area contributed by atoms with Gasteiger partial charge in [-0.1, -0.05) is 0 Å².